The van der Waals surface area contributed by atoms with Crippen LogP contribution in [0.15, 0.2) is 23.1 Å². The zero-order valence-corrected chi connectivity index (χ0v) is 8.92. The largest absolute Gasteiger partial charge is 0.317 e. The van der Waals surface area contributed by atoms with Crippen LogP contribution < -0.4 is 10.9 Å². The molecule has 0 fully saturated rings. The Balaban J connectivity index is 2.47. The number of aryl methyl sites for hydroxylation is 2. The van der Waals surface area contributed by atoms with E-state index in [1.54, 1.807) is 10.6 Å². The molecule has 3 heteroatoms. The van der Waals surface area contributed by atoms with Crippen molar-refractivity contribution in [3.05, 3.63) is 34.2 Å². The van der Waals surface area contributed by atoms with E-state index in [0.717, 1.165) is 31.6 Å². The predicted octanol–water partition coefficient (Wildman–Crippen LogP) is 1.16. The van der Waals surface area contributed by atoms with E-state index < -0.39 is 0 Å². The Morgan fingerprint density at radius 2 is 2.29 bits per heavy atom. The smallest absolute Gasteiger partial charge is 0.250 e. The zero-order valence-electron chi connectivity index (χ0n) is 8.92. The second kappa shape index (κ2) is 5.60. The number of hydrogen-bond acceptors (Lipinski definition) is 2. The molecule has 0 radical (unpaired) electrons. The average Bonchev–Trinajstić information content (AvgIpc) is 2.15. The lowest BCUT2D eigenvalue weighted by Crippen LogP contribution is -2.22. The summed E-state index contributed by atoms with van der Waals surface area (Å²) in [6.07, 6.45) is 2.86. The monoisotopic (exact) mass is 194 g/mol. The van der Waals surface area contributed by atoms with E-state index in [1.807, 2.05) is 19.2 Å². The van der Waals surface area contributed by atoms with Crippen molar-refractivity contribution in [2.24, 2.45) is 0 Å². The summed E-state index contributed by atoms with van der Waals surface area (Å²) in [7, 11) is 0. The van der Waals surface area contributed by atoms with Gasteiger partial charge in [0.1, 0.15) is 0 Å². The van der Waals surface area contributed by atoms with Crippen LogP contribution in [-0.4, -0.2) is 17.7 Å². The van der Waals surface area contributed by atoms with Gasteiger partial charge in [0.15, 0.2) is 0 Å². The molecule has 0 aliphatic heterocycles. The van der Waals surface area contributed by atoms with E-state index in [9.17, 15) is 4.79 Å². The molecule has 0 saturated heterocycles. The third kappa shape index (κ3) is 3.34. The minimum absolute atomic E-state index is 0.0986. The van der Waals surface area contributed by atoms with Gasteiger partial charge in [-0.15, -0.1) is 0 Å². The highest BCUT2D eigenvalue weighted by atomic mass is 16.1. The van der Waals surface area contributed by atoms with Crippen molar-refractivity contribution in [3.8, 4) is 0 Å². The Morgan fingerprint density at radius 1 is 1.50 bits per heavy atom. The van der Waals surface area contributed by atoms with Crippen molar-refractivity contribution in [2.45, 2.75) is 26.8 Å². The molecule has 0 spiro atoms. The molecule has 1 heterocycles. The number of nitrogens with one attached hydrogen (secondary N) is 1. The van der Waals surface area contributed by atoms with Gasteiger partial charge in [-0.25, -0.2) is 0 Å². The second-order valence-electron chi connectivity index (χ2n) is 3.44. The summed E-state index contributed by atoms with van der Waals surface area (Å²) in [5, 5.41) is 3.23. The van der Waals surface area contributed by atoms with E-state index in [1.165, 1.54) is 0 Å². The van der Waals surface area contributed by atoms with Crippen LogP contribution in [0.4, 0.5) is 0 Å². The predicted molar refractivity (Wildman–Crippen MR) is 58.6 cm³/mol. The van der Waals surface area contributed by atoms with Gasteiger partial charge in [-0.3, -0.25) is 4.79 Å². The molecule has 0 bridgehead atoms. The number of aromatic nitrogens is 1. The first-order valence-corrected chi connectivity index (χ1v) is 5.12. The van der Waals surface area contributed by atoms with Gasteiger partial charge in [-0.1, -0.05) is 6.92 Å². The molecular weight excluding hydrogens is 176 g/mol. The summed E-state index contributed by atoms with van der Waals surface area (Å²) in [4.78, 5) is 11.4. The summed E-state index contributed by atoms with van der Waals surface area (Å²) >= 11 is 0. The van der Waals surface area contributed by atoms with Crippen molar-refractivity contribution < 1.29 is 0 Å². The van der Waals surface area contributed by atoms with E-state index in [2.05, 4.69) is 12.2 Å². The Bertz CT molecular complexity index is 330. The minimum atomic E-state index is 0.0986. The quantitative estimate of drug-likeness (QED) is 0.714. The summed E-state index contributed by atoms with van der Waals surface area (Å²) in [5.74, 6) is 0. The van der Waals surface area contributed by atoms with Gasteiger partial charge in [0, 0.05) is 18.8 Å². The van der Waals surface area contributed by atoms with E-state index >= 15 is 0 Å². The topological polar surface area (TPSA) is 34.0 Å². The molecule has 1 aromatic rings. The van der Waals surface area contributed by atoms with Crippen LogP contribution in [0.2, 0.25) is 0 Å². The molecule has 78 valence electrons. The van der Waals surface area contributed by atoms with E-state index in [-0.39, 0.29) is 5.56 Å². The van der Waals surface area contributed by atoms with Gasteiger partial charge >= 0.3 is 0 Å². The third-order valence-electron chi connectivity index (χ3n) is 2.15. The first-order chi connectivity index (χ1) is 6.74. The normalized spacial score (nSPS) is 10.4. The van der Waals surface area contributed by atoms with Crippen LogP contribution in [0.1, 0.15) is 18.9 Å². The summed E-state index contributed by atoms with van der Waals surface area (Å²) in [6, 6.07) is 3.64. The number of hydrogen-bond donors (Lipinski definition) is 1. The summed E-state index contributed by atoms with van der Waals surface area (Å²) < 4.78 is 1.75. The van der Waals surface area contributed by atoms with Crippen molar-refractivity contribution in [1.82, 2.24) is 9.88 Å². The summed E-state index contributed by atoms with van der Waals surface area (Å²) in [6.45, 7) is 6.77. The molecule has 0 aromatic carbocycles. The second-order valence-corrected chi connectivity index (χ2v) is 3.44. The lowest BCUT2D eigenvalue weighted by atomic mass is 10.3. The van der Waals surface area contributed by atoms with Gasteiger partial charge in [0.25, 0.3) is 5.56 Å². The molecule has 3 nitrogen and oxygen atoms in total. The Kier molecular flexibility index (Phi) is 4.40. The lowest BCUT2D eigenvalue weighted by Gasteiger charge is -2.05. The maximum Gasteiger partial charge on any atom is 0.250 e. The molecule has 1 rings (SSSR count). The molecule has 0 unspecified atom stereocenters. The average molecular weight is 194 g/mol. The van der Waals surface area contributed by atoms with Crippen molar-refractivity contribution >= 4 is 0 Å². The Labute approximate surface area is 84.8 Å². The van der Waals surface area contributed by atoms with E-state index in [4.69, 9.17) is 0 Å². The van der Waals surface area contributed by atoms with Gasteiger partial charge in [-0.2, -0.15) is 0 Å². The highest BCUT2D eigenvalue weighted by molar-refractivity contribution is 5.07. The fourth-order valence-corrected chi connectivity index (χ4v) is 1.34. The van der Waals surface area contributed by atoms with Gasteiger partial charge in [-0.05, 0) is 38.1 Å². The molecule has 1 N–H and O–H groups in total. The summed E-state index contributed by atoms with van der Waals surface area (Å²) in [5.41, 5.74) is 1.12. The molecule has 14 heavy (non-hydrogen) atoms. The number of rotatable bonds is 5. The Morgan fingerprint density at radius 3 is 2.93 bits per heavy atom. The Hall–Kier alpha value is -1.09. The fourth-order valence-electron chi connectivity index (χ4n) is 1.34. The van der Waals surface area contributed by atoms with Crippen molar-refractivity contribution in [2.75, 3.05) is 13.1 Å². The molecule has 1 aromatic heterocycles. The van der Waals surface area contributed by atoms with Crippen LogP contribution in [0, 0.1) is 6.92 Å². The minimum Gasteiger partial charge on any atom is -0.317 e. The van der Waals surface area contributed by atoms with Crippen LogP contribution >= 0.6 is 0 Å². The molecular formula is C11H18N2O. The van der Waals surface area contributed by atoms with Crippen LogP contribution in [0.5, 0.6) is 0 Å². The fraction of sp³-hybridized carbons (Fsp3) is 0.545. The van der Waals surface area contributed by atoms with Crippen molar-refractivity contribution in [3.63, 3.8) is 0 Å². The van der Waals surface area contributed by atoms with Crippen LogP contribution in [0.3, 0.4) is 0 Å². The first kappa shape index (κ1) is 11.0. The molecule has 0 saturated carbocycles. The van der Waals surface area contributed by atoms with Gasteiger partial charge in [0.2, 0.25) is 0 Å². The van der Waals surface area contributed by atoms with Crippen LogP contribution in [-0.2, 0) is 6.54 Å². The zero-order chi connectivity index (χ0) is 10.4. The van der Waals surface area contributed by atoms with Gasteiger partial charge in [0.05, 0.1) is 0 Å². The third-order valence-corrected chi connectivity index (χ3v) is 2.15. The lowest BCUT2D eigenvalue weighted by molar-refractivity contribution is 0.580. The maximum absolute atomic E-state index is 11.4. The number of pyridine rings is 1. The van der Waals surface area contributed by atoms with E-state index in [0.29, 0.717) is 0 Å². The highest BCUT2D eigenvalue weighted by Crippen LogP contribution is 1.92. The maximum atomic E-state index is 11.4. The van der Waals surface area contributed by atoms with Gasteiger partial charge < -0.3 is 9.88 Å². The molecule has 0 amide bonds. The first-order valence-electron chi connectivity index (χ1n) is 5.12. The number of nitrogens with zero attached hydrogens (tertiary/aromatic N) is 1. The molecule has 0 atom stereocenters. The standard InChI is InChI=1S/C11H18N2O/c1-3-12-6-4-7-13-8-5-10(2)9-11(13)14/h5,8-9,12H,3-4,6-7H2,1-2H3. The molecule has 0 aliphatic rings. The highest BCUT2D eigenvalue weighted by Gasteiger charge is 1.94. The SMILES string of the molecule is CCNCCCn1ccc(C)cc1=O. The van der Waals surface area contributed by atoms with Crippen LogP contribution in [0.25, 0.3) is 0 Å². The van der Waals surface area contributed by atoms with Crippen molar-refractivity contribution in [1.29, 1.82) is 0 Å². The molecule has 0 aliphatic carbocycles.